The lowest BCUT2D eigenvalue weighted by molar-refractivity contribution is 0.131. The summed E-state index contributed by atoms with van der Waals surface area (Å²) in [5, 5.41) is 3.39. The van der Waals surface area contributed by atoms with Gasteiger partial charge in [0.15, 0.2) is 0 Å². The van der Waals surface area contributed by atoms with E-state index in [0.29, 0.717) is 12.5 Å². The minimum Gasteiger partial charge on any atom is -0.375 e. The van der Waals surface area contributed by atoms with Crippen LogP contribution in [-0.2, 0) is 17.9 Å². The van der Waals surface area contributed by atoms with Crippen LogP contribution in [0.1, 0.15) is 32.0 Å². The lowest BCUT2D eigenvalue weighted by atomic mass is 10.2. The van der Waals surface area contributed by atoms with E-state index in [1.54, 1.807) is 0 Å². The summed E-state index contributed by atoms with van der Waals surface area (Å²) < 4.78 is 5.29. The molecule has 0 bridgehead atoms. The first-order valence-corrected chi connectivity index (χ1v) is 5.94. The fourth-order valence-electron chi connectivity index (χ4n) is 1.36. The summed E-state index contributed by atoms with van der Waals surface area (Å²) in [6.07, 6.45) is 1.92. The van der Waals surface area contributed by atoms with E-state index in [1.165, 1.54) is 5.56 Å². The first-order valence-electron chi connectivity index (χ1n) is 5.94. The highest BCUT2D eigenvalue weighted by Crippen LogP contribution is 2.02. The largest absolute Gasteiger partial charge is 0.375 e. The second kappa shape index (κ2) is 7.36. The Labute approximate surface area is 98.2 Å². The topological polar surface area (TPSA) is 34.1 Å². The Morgan fingerprint density at radius 3 is 2.75 bits per heavy atom. The molecule has 0 saturated heterocycles. The van der Waals surface area contributed by atoms with Gasteiger partial charge in [-0.05, 0) is 31.0 Å². The van der Waals surface area contributed by atoms with Gasteiger partial charge in [0.2, 0.25) is 0 Å². The number of rotatable bonds is 7. The number of aromatic nitrogens is 1. The van der Waals surface area contributed by atoms with Crippen molar-refractivity contribution >= 4 is 0 Å². The van der Waals surface area contributed by atoms with Gasteiger partial charge in [0.1, 0.15) is 0 Å². The maximum Gasteiger partial charge on any atom is 0.0887 e. The number of pyridine rings is 1. The predicted octanol–water partition coefficient (Wildman–Crippen LogP) is 2.36. The van der Waals surface area contributed by atoms with Gasteiger partial charge in [-0.3, -0.25) is 4.98 Å². The first kappa shape index (κ1) is 13.1. The van der Waals surface area contributed by atoms with Crippen molar-refractivity contribution in [3.05, 3.63) is 29.6 Å². The van der Waals surface area contributed by atoms with Crippen molar-refractivity contribution in [3.63, 3.8) is 0 Å². The third kappa shape index (κ3) is 5.24. The van der Waals surface area contributed by atoms with Crippen molar-refractivity contribution in [2.24, 2.45) is 5.92 Å². The summed E-state index contributed by atoms with van der Waals surface area (Å²) in [7, 11) is 0. The normalized spacial score (nSPS) is 11.0. The van der Waals surface area contributed by atoms with Crippen LogP contribution in [0.5, 0.6) is 0 Å². The van der Waals surface area contributed by atoms with E-state index < -0.39 is 0 Å². The Kier molecular flexibility index (Phi) is 6.04. The molecular weight excluding hydrogens is 200 g/mol. The van der Waals surface area contributed by atoms with E-state index in [2.05, 4.69) is 30.2 Å². The molecule has 0 aromatic carbocycles. The molecule has 0 fully saturated rings. The average molecular weight is 222 g/mol. The van der Waals surface area contributed by atoms with Gasteiger partial charge in [-0.1, -0.05) is 19.9 Å². The fraction of sp³-hybridized carbons (Fsp3) is 0.615. The molecule has 0 spiro atoms. The summed E-state index contributed by atoms with van der Waals surface area (Å²) in [6.45, 7) is 9.67. The van der Waals surface area contributed by atoms with Crippen LogP contribution >= 0.6 is 0 Å². The summed E-state index contributed by atoms with van der Waals surface area (Å²) in [5.74, 6) is 0.685. The van der Waals surface area contributed by atoms with Crippen molar-refractivity contribution < 1.29 is 4.74 Å². The third-order valence-electron chi connectivity index (χ3n) is 2.22. The summed E-state index contributed by atoms with van der Waals surface area (Å²) in [4.78, 5) is 4.35. The quantitative estimate of drug-likeness (QED) is 0.769. The minimum absolute atomic E-state index is 0.607. The van der Waals surface area contributed by atoms with Crippen LogP contribution in [0.2, 0.25) is 0 Å². The smallest absolute Gasteiger partial charge is 0.0887 e. The van der Waals surface area contributed by atoms with Gasteiger partial charge < -0.3 is 10.1 Å². The zero-order valence-corrected chi connectivity index (χ0v) is 10.5. The maximum atomic E-state index is 5.29. The maximum absolute atomic E-state index is 5.29. The molecule has 0 aliphatic rings. The number of ether oxygens (including phenoxy) is 1. The van der Waals surface area contributed by atoms with Gasteiger partial charge in [0.05, 0.1) is 12.3 Å². The van der Waals surface area contributed by atoms with Crippen molar-refractivity contribution in [2.45, 2.75) is 33.9 Å². The van der Waals surface area contributed by atoms with Crippen LogP contribution in [0.3, 0.4) is 0 Å². The molecule has 0 atom stereocenters. The van der Waals surface area contributed by atoms with E-state index >= 15 is 0 Å². The highest BCUT2D eigenvalue weighted by molar-refractivity contribution is 5.13. The Morgan fingerprint density at radius 2 is 2.19 bits per heavy atom. The molecule has 0 radical (unpaired) electrons. The average Bonchev–Trinajstić information content (AvgIpc) is 2.27. The molecule has 0 unspecified atom stereocenters. The minimum atomic E-state index is 0.607. The summed E-state index contributed by atoms with van der Waals surface area (Å²) in [5.41, 5.74) is 2.22. The van der Waals surface area contributed by atoms with Crippen LogP contribution in [0, 0.1) is 5.92 Å². The molecular formula is C13H22N2O. The van der Waals surface area contributed by atoms with Gasteiger partial charge in [-0.25, -0.2) is 0 Å². The van der Waals surface area contributed by atoms with Crippen LogP contribution in [0.4, 0.5) is 0 Å². The Balaban J connectivity index is 2.33. The van der Waals surface area contributed by atoms with Gasteiger partial charge in [-0.2, -0.15) is 0 Å². The molecule has 0 saturated carbocycles. The molecule has 1 heterocycles. The van der Waals surface area contributed by atoms with Gasteiger partial charge in [0.25, 0.3) is 0 Å². The molecule has 3 nitrogen and oxygen atoms in total. The lowest BCUT2D eigenvalue weighted by Crippen LogP contribution is -2.19. The van der Waals surface area contributed by atoms with Crippen LogP contribution in [-0.4, -0.2) is 18.1 Å². The monoisotopic (exact) mass is 222 g/mol. The van der Waals surface area contributed by atoms with Crippen molar-refractivity contribution in [1.82, 2.24) is 10.3 Å². The highest BCUT2D eigenvalue weighted by atomic mass is 16.5. The first-order chi connectivity index (χ1) is 7.72. The zero-order valence-electron chi connectivity index (χ0n) is 10.5. The zero-order chi connectivity index (χ0) is 11.8. The van der Waals surface area contributed by atoms with Crippen molar-refractivity contribution in [1.29, 1.82) is 0 Å². The highest BCUT2D eigenvalue weighted by Gasteiger charge is 1.97. The van der Waals surface area contributed by atoms with E-state index in [9.17, 15) is 0 Å². The SMILES string of the molecule is CCOCc1ccc(CNCC(C)C)cn1. The molecule has 90 valence electrons. The Morgan fingerprint density at radius 1 is 1.38 bits per heavy atom. The second-order valence-electron chi connectivity index (χ2n) is 4.32. The molecule has 1 N–H and O–H groups in total. The van der Waals surface area contributed by atoms with Crippen LogP contribution in [0.25, 0.3) is 0 Å². The number of nitrogens with one attached hydrogen (secondary N) is 1. The molecule has 1 rings (SSSR count). The molecule has 16 heavy (non-hydrogen) atoms. The van der Waals surface area contributed by atoms with E-state index in [0.717, 1.165) is 25.4 Å². The molecule has 0 amide bonds. The van der Waals surface area contributed by atoms with Crippen molar-refractivity contribution in [3.8, 4) is 0 Å². The number of nitrogens with zero attached hydrogens (tertiary/aromatic N) is 1. The van der Waals surface area contributed by atoms with Crippen LogP contribution < -0.4 is 5.32 Å². The van der Waals surface area contributed by atoms with Gasteiger partial charge in [0, 0.05) is 19.3 Å². The standard InChI is InChI=1S/C13H22N2O/c1-4-16-10-13-6-5-12(9-15-13)8-14-7-11(2)3/h5-6,9,11,14H,4,7-8,10H2,1-3H3. The summed E-state index contributed by atoms with van der Waals surface area (Å²) >= 11 is 0. The lowest BCUT2D eigenvalue weighted by Gasteiger charge is -2.07. The third-order valence-corrected chi connectivity index (χ3v) is 2.22. The molecule has 1 aromatic rings. The fourth-order valence-corrected chi connectivity index (χ4v) is 1.36. The number of hydrogen-bond acceptors (Lipinski definition) is 3. The Hall–Kier alpha value is -0.930. The van der Waals surface area contributed by atoms with Crippen LogP contribution in [0.15, 0.2) is 18.3 Å². The molecule has 3 heteroatoms. The predicted molar refractivity (Wildman–Crippen MR) is 66.1 cm³/mol. The van der Waals surface area contributed by atoms with E-state index in [-0.39, 0.29) is 0 Å². The second-order valence-corrected chi connectivity index (χ2v) is 4.32. The Bertz CT molecular complexity index is 282. The van der Waals surface area contributed by atoms with Crippen molar-refractivity contribution in [2.75, 3.05) is 13.2 Å². The molecule has 0 aliphatic carbocycles. The summed E-state index contributed by atoms with van der Waals surface area (Å²) in [6, 6.07) is 4.14. The molecule has 0 aliphatic heterocycles. The van der Waals surface area contributed by atoms with E-state index in [1.807, 2.05) is 19.2 Å². The van der Waals surface area contributed by atoms with E-state index in [4.69, 9.17) is 4.74 Å². The number of hydrogen-bond donors (Lipinski definition) is 1. The molecule has 1 aromatic heterocycles. The van der Waals surface area contributed by atoms with Gasteiger partial charge >= 0.3 is 0 Å². The van der Waals surface area contributed by atoms with Gasteiger partial charge in [-0.15, -0.1) is 0 Å².